The maximum absolute atomic E-state index is 12.6. The van der Waals surface area contributed by atoms with Gasteiger partial charge >= 0.3 is 0 Å². The summed E-state index contributed by atoms with van der Waals surface area (Å²) in [6, 6.07) is 7.73. The molecule has 0 radical (unpaired) electrons. The van der Waals surface area contributed by atoms with E-state index in [0.29, 0.717) is 5.92 Å². The van der Waals surface area contributed by atoms with Crippen molar-refractivity contribution in [3.05, 3.63) is 29.8 Å². The van der Waals surface area contributed by atoms with E-state index in [-0.39, 0.29) is 24.4 Å². The van der Waals surface area contributed by atoms with Gasteiger partial charge in [0.25, 0.3) is 0 Å². The van der Waals surface area contributed by atoms with Gasteiger partial charge in [0.2, 0.25) is 11.8 Å². The number of carbonyl (C=O) groups excluding carboxylic acids is 2. The van der Waals surface area contributed by atoms with Crippen LogP contribution in [0.5, 0.6) is 0 Å². The number of hydrogen-bond acceptors (Lipinski definition) is 2. The van der Waals surface area contributed by atoms with Crippen LogP contribution in [0, 0.1) is 0 Å². The molecule has 3 rings (SSSR count). The molecular formula is C16H20N2O2. The Hall–Kier alpha value is -1.84. The fourth-order valence-electron chi connectivity index (χ4n) is 3.08. The Labute approximate surface area is 119 Å². The van der Waals surface area contributed by atoms with Crippen molar-refractivity contribution in [2.24, 2.45) is 0 Å². The second kappa shape index (κ2) is 4.93. The quantitative estimate of drug-likeness (QED) is 0.827. The van der Waals surface area contributed by atoms with E-state index >= 15 is 0 Å². The predicted octanol–water partition coefficient (Wildman–Crippen LogP) is 2.15. The van der Waals surface area contributed by atoms with Gasteiger partial charge in [-0.3, -0.25) is 9.59 Å². The fourth-order valence-corrected chi connectivity index (χ4v) is 3.08. The average Bonchev–Trinajstić information content (AvgIpc) is 2.93. The van der Waals surface area contributed by atoms with Gasteiger partial charge in [-0.1, -0.05) is 26.0 Å². The van der Waals surface area contributed by atoms with E-state index in [1.165, 1.54) is 5.56 Å². The summed E-state index contributed by atoms with van der Waals surface area (Å²) < 4.78 is 0. The summed E-state index contributed by atoms with van der Waals surface area (Å²) in [5, 5.41) is 0. The molecule has 2 heterocycles. The van der Waals surface area contributed by atoms with Crippen LogP contribution in [-0.2, 0) is 9.59 Å². The van der Waals surface area contributed by atoms with Gasteiger partial charge in [0.15, 0.2) is 0 Å². The van der Waals surface area contributed by atoms with Crippen LogP contribution in [0.1, 0.15) is 38.2 Å². The van der Waals surface area contributed by atoms with Gasteiger partial charge in [-0.2, -0.15) is 0 Å². The van der Waals surface area contributed by atoms with Crippen LogP contribution < -0.4 is 4.90 Å². The maximum Gasteiger partial charge on any atom is 0.250 e. The maximum atomic E-state index is 12.6. The summed E-state index contributed by atoms with van der Waals surface area (Å²) in [5.41, 5.74) is 2.04. The van der Waals surface area contributed by atoms with Crippen LogP contribution in [0.2, 0.25) is 0 Å². The zero-order chi connectivity index (χ0) is 14.3. The van der Waals surface area contributed by atoms with Crippen molar-refractivity contribution >= 4 is 17.5 Å². The van der Waals surface area contributed by atoms with Crippen molar-refractivity contribution in [3.8, 4) is 0 Å². The molecule has 0 spiro atoms. The van der Waals surface area contributed by atoms with Crippen LogP contribution in [0.25, 0.3) is 0 Å². The number of fused-ring (bicyclic) bond motifs is 1. The first-order valence-corrected chi connectivity index (χ1v) is 7.28. The SMILES string of the molecule is CC(C)c1cccc(N2CC(=O)N3CCCC3C2=O)c1. The Balaban J connectivity index is 1.91. The van der Waals surface area contributed by atoms with E-state index in [1.54, 1.807) is 9.80 Å². The third-order valence-corrected chi connectivity index (χ3v) is 4.27. The lowest BCUT2D eigenvalue weighted by atomic mass is 10.0. The highest BCUT2D eigenvalue weighted by atomic mass is 16.2. The summed E-state index contributed by atoms with van der Waals surface area (Å²) in [7, 11) is 0. The monoisotopic (exact) mass is 272 g/mol. The summed E-state index contributed by atoms with van der Waals surface area (Å²) in [4.78, 5) is 28.1. The van der Waals surface area contributed by atoms with E-state index in [2.05, 4.69) is 19.9 Å². The molecule has 1 atom stereocenters. The van der Waals surface area contributed by atoms with Crippen molar-refractivity contribution in [1.82, 2.24) is 4.90 Å². The molecule has 1 aromatic rings. The molecule has 2 fully saturated rings. The third-order valence-electron chi connectivity index (χ3n) is 4.27. The van der Waals surface area contributed by atoms with Crippen molar-refractivity contribution in [2.45, 2.75) is 38.6 Å². The fraction of sp³-hybridized carbons (Fsp3) is 0.500. The number of rotatable bonds is 2. The number of amides is 2. The average molecular weight is 272 g/mol. The molecule has 0 saturated carbocycles. The Morgan fingerprint density at radius 1 is 1.25 bits per heavy atom. The number of hydrogen-bond donors (Lipinski definition) is 0. The lowest BCUT2D eigenvalue weighted by Crippen LogP contribution is -2.57. The van der Waals surface area contributed by atoms with Gasteiger partial charge in [0.05, 0.1) is 0 Å². The molecule has 2 saturated heterocycles. The Bertz CT molecular complexity index is 553. The van der Waals surface area contributed by atoms with Gasteiger partial charge in [-0.15, -0.1) is 0 Å². The van der Waals surface area contributed by atoms with Crippen molar-refractivity contribution in [3.63, 3.8) is 0 Å². The minimum Gasteiger partial charge on any atom is -0.329 e. The molecule has 20 heavy (non-hydrogen) atoms. The molecular weight excluding hydrogens is 252 g/mol. The standard InChI is InChI=1S/C16H20N2O2/c1-11(2)12-5-3-6-13(9-12)18-10-15(19)17-8-4-7-14(17)16(18)20/h3,5-6,9,11,14H,4,7-8,10H2,1-2H3. The molecule has 0 bridgehead atoms. The lowest BCUT2D eigenvalue weighted by Gasteiger charge is -2.36. The smallest absolute Gasteiger partial charge is 0.250 e. The van der Waals surface area contributed by atoms with Gasteiger partial charge in [0, 0.05) is 12.2 Å². The highest BCUT2D eigenvalue weighted by Gasteiger charge is 2.42. The summed E-state index contributed by atoms with van der Waals surface area (Å²) in [6.07, 6.45) is 1.73. The van der Waals surface area contributed by atoms with Crippen molar-refractivity contribution in [2.75, 3.05) is 18.0 Å². The highest BCUT2D eigenvalue weighted by Crippen LogP contribution is 2.28. The second-order valence-electron chi connectivity index (χ2n) is 5.92. The first kappa shape index (κ1) is 13.2. The van der Waals surface area contributed by atoms with E-state index in [9.17, 15) is 9.59 Å². The lowest BCUT2D eigenvalue weighted by molar-refractivity contribution is -0.140. The molecule has 0 aromatic heterocycles. The molecule has 2 amide bonds. The Morgan fingerprint density at radius 2 is 2.05 bits per heavy atom. The largest absolute Gasteiger partial charge is 0.329 e. The van der Waals surface area contributed by atoms with Crippen molar-refractivity contribution < 1.29 is 9.59 Å². The van der Waals surface area contributed by atoms with Gasteiger partial charge in [0.1, 0.15) is 12.6 Å². The van der Waals surface area contributed by atoms with Crippen LogP contribution in [0.4, 0.5) is 5.69 Å². The third kappa shape index (κ3) is 2.09. The van der Waals surface area contributed by atoms with E-state index in [0.717, 1.165) is 25.1 Å². The highest BCUT2D eigenvalue weighted by molar-refractivity contribution is 6.06. The molecule has 0 N–H and O–H groups in total. The minimum absolute atomic E-state index is 0.0713. The van der Waals surface area contributed by atoms with Gasteiger partial charge in [-0.25, -0.2) is 0 Å². The van der Waals surface area contributed by atoms with Crippen LogP contribution in [-0.4, -0.2) is 35.8 Å². The number of piperazine rings is 1. The molecule has 2 aliphatic heterocycles. The van der Waals surface area contributed by atoms with Gasteiger partial charge in [-0.05, 0) is 36.5 Å². The molecule has 106 valence electrons. The van der Waals surface area contributed by atoms with E-state index in [1.807, 2.05) is 18.2 Å². The summed E-state index contributed by atoms with van der Waals surface area (Å²) in [6.45, 7) is 5.16. The number of anilines is 1. The molecule has 1 unspecified atom stereocenters. The molecule has 2 aliphatic rings. The molecule has 4 heteroatoms. The topological polar surface area (TPSA) is 40.6 Å². The Morgan fingerprint density at radius 3 is 2.80 bits per heavy atom. The number of carbonyl (C=O) groups is 2. The normalized spacial score (nSPS) is 22.6. The summed E-state index contributed by atoms with van der Waals surface area (Å²) >= 11 is 0. The first-order valence-electron chi connectivity index (χ1n) is 7.28. The first-order chi connectivity index (χ1) is 9.58. The Kier molecular flexibility index (Phi) is 3.24. The van der Waals surface area contributed by atoms with E-state index in [4.69, 9.17) is 0 Å². The second-order valence-corrected chi connectivity index (χ2v) is 5.92. The van der Waals surface area contributed by atoms with Gasteiger partial charge < -0.3 is 9.80 Å². The van der Waals surface area contributed by atoms with Crippen LogP contribution >= 0.6 is 0 Å². The molecule has 4 nitrogen and oxygen atoms in total. The zero-order valence-corrected chi connectivity index (χ0v) is 12.0. The van der Waals surface area contributed by atoms with Crippen LogP contribution in [0.15, 0.2) is 24.3 Å². The summed E-state index contributed by atoms with van der Waals surface area (Å²) in [5.74, 6) is 0.554. The minimum atomic E-state index is -0.237. The number of nitrogens with zero attached hydrogens (tertiary/aromatic N) is 2. The number of benzene rings is 1. The van der Waals surface area contributed by atoms with Crippen molar-refractivity contribution in [1.29, 1.82) is 0 Å². The van der Waals surface area contributed by atoms with Crippen LogP contribution in [0.3, 0.4) is 0 Å². The predicted molar refractivity (Wildman–Crippen MR) is 77.6 cm³/mol. The molecule has 0 aliphatic carbocycles. The molecule has 1 aromatic carbocycles. The zero-order valence-electron chi connectivity index (χ0n) is 12.0. The van der Waals surface area contributed by atoms with E-state index < -0.39 is 0 Å².